The van der Waals surface area contributed by atoms with Crippen molar-refractivity contribution in [1.82, 2.24) is 0 Å². The summed E-state index contributed by atoms with van der Waals surface area (Å²) in [6.45, 7) is 0. The zero-order chi connectivity index (χ0) is 21.7. The molecule has 0 fully saturated rings. The normalized spacial score (nSPS) is 11.4. The Morgan fingerprint density at radius 2 is 1.60 bits per heavy atom. The third-order valence-corrected chi connectivity index (χ3v) is 6.08. The fourth-order valence-corrected chi connectivity index (χ4v) is 4.01. The Labute approximate surface area is 189 Å². The van der Waals surface area contributed by atoms with E-state index in [1.165, 1.54) is 30.3 Å². The summed E-state index contributed by atoms with van der Waals surface area (Å²) < 4.78 is 27.8. The van der Waals surface area contributed by atoms with Crippen LogP contribution < -0.4 is 10.0 Å². The van der Waals surface area contributed by atoms with Crippen LogP contribution in [0.4, 0.5) is 11.4 Å². The summed E-state index contributed by atoms with van der Waals surface area (Å²) in [4.78, 5) is 12.2. The summed E-state index contributed by atoms with van der Waals surface area (Å²) in [5.74, 6) is -0.468. The van der Waals surface area contributed by atoms with Crippen LogP contribution in [0.1, 0.15) is 5.56 Å². The Balaban J connectivity index is 1.77. The van der Waals surface area contributed by atoms with Crippen LogP contribution in [0.2, 0.25) is 15.1 Å². The molecule has 3 aromatic carbocycles. The molecule has 3 aromatic rings. The summed E-state index contributed by atoms with van der Waals surface area (Å²) in [5, 5.41) is 3.76. The maximum atomic E-state index is 12.7. The standard InChI is InChI=1S/C21H15Cl3N2O3S/c22-15-7-4-14(5-8-15)6-11-21(27)25-20-13-18(9-10-19(20)24)30(28,29)26-17-3-1-2-16(23)12-17/h1-13,26H,(H,25,27)/b11-6+. The highest BCUT2D eigenvalue weighted by Crippen LogP contribution is 2.27. The number of hydrogen-bond acceptors (Lipinski definition) is 3. The van der Waals surface area contributed by atoms with Crippen LogP contribution in [0.5, 0.6) is 0 Å². The zero-order valence-corrected chi connectivity index (χ0v) is 18.4. The molecule has 0 aromatic heterocycles. The number of hydrogen-bond donors (Lipinski definition) is 2. The lowest BCUT2D eigenvalue weighted by Gasteiger charge is -2.11. The topological polar surface area (TPSA) is 75.3 Å². The van der Waals surface area contributed by atoms with Crippen molar-refractivity contribution in [2.24, 2.45) is 0 Å². The molecule has 2 N–H and O–H groups in total. The minimum absolute atomic E-state index is 0.0659. The maximum absolute atomic E-state index is 12.7. The van der Waals surface area contributed by atoms with E-state index >= 15 is 0 Å². The number of anilines is 2. The lowest BCUT2D eigenvalue weighted by atomic mass is 10.2. The van der Waals surface area contributed by atoms with Gasteiger partial charge in [0.15, 0.2) is 0 Å². The van der Waals surface area contributed by atoms with Crippen LogP contribution >= 0.6 is 34.8 Å². The lowest BCUT2D eigenvalue weighted by molar-refractivity contribution is -0.111. The number of halogens is 3. The molecule has 9 heteroatoms. The highest BCUT2D eigenvalue weighted by atomic mass is 35.5. The van der Waals surface area contributed by atoms with Gasteiger partial charge in [0.2, 0.25) is 5.91 Å². The molecule has 0 unspecified atom stereocenters. The van der Waals surface area contributed by atoms with E-state index in [4.69, 9.17) is 34.8 Å². The molecule has 0 atom stereocenters. The largest absolute Gasteiger partial charge is 0.321 e. The highest BCUT2D eigenvalue weighted by molar-refractivity contribution is 7.92. The van der Waals surface area contributed by atoms with Gasteiger partial charge in [-0.1, -0.05) is 53.0 Å². The third kappa shape index (κ3) is 6.00. The molecule has 1 amide bonds. The molecule has 30 heavy (non-hydrogen) atoms. The van der Waals surface area contributed by atoms with Crippen LogP contribution in [0, 0.1) is 0 Å². The summed E-state index contributed by atoms with van der Waals surface area (Å²) in [6, 6.07) is 17.3. The Bertz CT molecular complexity index is 1210. The van der Waals surface area contributed by atoms with Gasteiger partial charge in [-0.3, -0.25) is 9.52 Å². The number of benzene rings is 3. The van der Waals surface area contributed by atoms with Gasteiger partial charge in [0, 0.05) is 16.1 Å². The number of carbonyl (C=O) groups excluding carboxylic acids is 1. The second-order valence-electron chi connectivity index (χ2n) is 6.13. The first kappa shape index (κ1) is 22.2. The molecule has 0 heterocycles. The van der Waals surface area contributed by atoms with E-state index in [0.29, 0.717) is 15.7 Å². The molecule has 0 saturated heterocycles. The van der Waals surface area contributed by atoms with E-state index in [9.17, 15) is 13.2 Å². The predicted octanol–water partition coefficient (Wildman–Crippen LogP) is 6.10. The number of sulfonamides is 1. The first-order valence-corrected chi connectivity index (χ1v) is 11.2. The Morgan fingerprint density at radius 1 is 0.867 bits per heavy atom. The van der Waals surface area contributed by atoms with Crippen LogP contribution in [-0.2, 0) is 14.8 Å². The average molecular weight is 482 g/mol. The number of nitrogens with one attached hydrogen (secondary N) is 2. The highest BCUT2D eigenvalue weighted by Gasteiger charge is 2.17. The second-order valence-corrected chi connectivity index (χ2v) is 9.09. The minimum Gasteiger partial charge on any atom is -0.321 e. The first-order chi connectivity index (χ1) is 14.2. The van der Waals surface area contributed by atoms with Crippen molar-refractivity contribution in [1.29, 1.82) is 0 Å². The van der Waals surface area contributed by atoms with E-state index in [0.717, 1.165) is 5.56 Å². The molecule has 0 radical (unpaired) electrons. The molecule has 0 saturated carbocycles. The van der Waals surface area contributed by atoms with Crippen molar-refractivity contribution in [3.8, 4) is 0 Å². The molecule has 0 bridgehead atoms. The molecule has 3 rings (SSSR count). The SMILES string of the molecule is O=C(/C=C/c1ccc(Cl)cc1)Nc1cc(S(=O)(=O)Nc2cccc(Cl)c2)ccc1Cl. The predicted molar refractivity (Wildman–Crippen MR) is 123 cm³/mol. The summed E-state index contributed by atoms with van der Waals surface area (Å²) in [6.07, 6.45) is 2.91. The summed E-state index contributed by atoms with van der Waals surface area (Å²) >= 11 is 17.8. The van der Waals surface area contributed by atoms with Gasteiger partial charge in [-0.05, 0) is 60.2 Å². The Morgan fingerprint density at radius 3 is 2.30 bits per heavy atom. The maximum Gasteiger partial charge on any atom is 0.261 e. The van der Waals surface area contributed by atoms with Gasteiger partial charge >= 0.3 is 0 Å². The van der Waals surface area contributed by atoms with Gasteiger partial charge < -0.3 is 5.32 Å². The fourth-order valence-electron chi connectivity index (χ4n) is 2.45. The molecular formula is C21H15Cl3N2O3S. The fraction of sp³-hybridized carbons (Fsp3) is 0. The Hall–Kier alpha value is -2.51. The van der Waals surface area contributed by atoms with Crippen LogP contribution in [0.3, 0.4) is 0 Å². The van der Waals surface area contributed by atoms with Crippen LogP contribution in [0.25, 0.3) is 6.08 Å². The van der Waals surface area contributed by atoms with Crippen molar-refractivity contribution in [3.05, 3.63) is 93.4 Å². The summed E-state index contributed by atoms with van der Waals surface area (Å²) in [7, 11) is -3.91. The lowest BCUT2D eigenvalue weighted by Crippen LogP contribution is -2.14. The van der Waals surface area contributed by atoms with Crippen molar-refractivity contribution < 1.29 is 13.2 Å². The molecule has 0 spiro atoms. The van der Waals surface area contributed by atoms with Crippen LogP contribution in [0.15, 0.2) is 77.7 Å². The minimum atomic E-state index is -3.91. The third-order valence-electron chi connectivity index (χ3n) is 3.88. The van der Waals surface area contributed by atoms with Gasteiger partial charge in [0.05, 0.1) is 21.3 Å². The quantitative estimate of drug-likeness (QED) is 0.418. The number of amides is 1. The number of rotatable bonds is 6. The monoisotopic (exact) mass is 480 g/mol. The average Bonchev–Trinajstić information content (AvgIpc) is 2.69. The van der Waals surface area contributed by atoms with Crippen molar-refractivity contribution in [2.45, 2.75) is 4.90 Å². The number of carbonyl (C=O) groups is 1. The van der Waals surface area contributed by atoms with Crippen molar-refractivity contribution >= 4 is 68.2 Å². The van der Waals surface area contributed by atoms with Gasteiger partial charge in [-0.25, -0.2) is 8.42 Å². The van der Waals surface area contributed by atoms with Crippen molar-refractivity contribution in [3.63, 3.8) is 0 Å². The smallest absolute Gasteiger partial charge is 0.261 e. The van der Waals surface area contributed by atoms with Crippen molar-refractivity contribution in [2.75, 3.05) is 10.0 Å². The van der Waals surface area contributed by atoms with E-state index in [2.05, 4.69) is 10.0 Å². The molecule has 5 nitrogen and oxygen atoms in total. The van der Waals surface area contributed by atoms with E-state index in [1.54, 1.807) is 48.5 Å². The van der Waals surface area contributed by atoms with E-state index in [-0.39, 0.29) is 15.6 Å². The first-order valence-electron chi connectivity index (χ1n) is 8.55. The second kappa shape index (κ2) is 9.53. The zero-order valence-electron chi connectivity index (χ0n) is 15.3. The van der Waals surface area contributed by atoms with Gasteiger partial charge in [-0.15, -0.1) is 0 Å². The molecule has 0 aliphatic carbocycles. The van der Waals surface area contributed by atoms with Gasteiger partial charge in [0.25, 0.3) is 10.0 Å². The van der Waals surface area contributed by atoms with Gasteiger partial charge in [-0.2, -0.15) is 0 Å². The molecule has 0 aliphatic heterocycles. The Kier molecular flexibility index (Phi) is 7.05. The van der Waals surface area contributed by atoms with E-state index < -0.39 is 15.9 Å². The van der Waals surface area contributed by atoms with Crippen LogP contribution in [-0.4, -0.2) is 14.3 Å². The molecular weight excluding hydrogens is 467 g/mol. The van der Waals surface area contributed by atoms with E-state index in [1.807, 2.05) is 0 Å². The molecule has 0 aliphatic rings. The molecule has 154 valence electrons. The van der Waals surface area contributed by atoms with Gasteiger partial charge in [0.1, 0.15) is 0 Å². The summed E-state index contributed by atoms with van der Waals surface area (Å²) in [5.41, 5.74) is 1.26.